The van der Waals surface area contributed by atoms with E-state index in [-0.39, 0.29) is 35.0 Å². The van der Waals surface area contributed by atoms with E-state index in [0.29, 0.717) is 29.8 Å². The lowest BCUT2D eigenvalue weighted by atomic mass is 9.97. The highest BCUT2D eigenvalue weighted by atomic mass is 32.2. The SMILES string of the molecule is CCOC(=O)CCCSc1c(F)cc(-c2cc(F)cc3c2N(C(=O)OC)C(C)(C)C3)cc1F. The molecule has 0 saturated heterocycles. The summed E-state index contributed by atoms with van der Waals surface area (Å²) in [7, 11) is 1.24. The molecular weight excluding hydrogens is 455 g/mol. The Morgan fingerprint density at radius 1 is 1.12 bits per heavy atom. The van der Waals surface area contributed by atoms with Gasteiger partial charge in [0.2, 0.25) is 0 Å². The molecule has 178 valence electrons. The zero-order chi connectivity index (χ0) is 24.3. The van der Waals surface area contributed by atoms with Gasteiger partial charge < -0.3 is 9.47 Å². The van der Waals surface area contributed by atoms with Crippen LogP contribution in [0, 0.1) is 17.5 Å². The van der Waals surface area contributed by atoms with Crippen LogP contribution in [0.3, 0.4) is 0 Å². The van der Waals surface area contributed by atoms with Gasteiger partial charge in [-0.25, -0.2) is 18.0 Å². The lowest BCUT2D eigenvalue weighted by molar-refractivity contribution is -0.143. The molecule has 0 fully saturated rings. The minimum absolute atomic E-state index is 0.114. The standard InChI is InChI=1S/C24H26F3NO4S/c1-5-32-20(29)7-6-8-33-22-18(26)10-14(11-19(22)27)17-12-16(25)9-15-13-24(2,3)28(21(15)17)23(30)31-4/h9-12H,5-8,13H2,1-4H3. The number of carbonyl (C=O) groups excluding carboxylic acids is 2. The van der Waals surface area contributed by atoms with Crippen molar-refractivity contribution in [1.29, 1.82) is 0 Å². The monoisotopic (exact) mass is 481 g/mol. The predicted octanol–water partition coefficient (Wildman–Crippen LogP) is 6.11. The second kappa shape index (κ2) is 10.1. The summed E-state index contributed by atoms with van der Waals surface area (Å²) in [6.45, 7) is 5.61. The summed E-state index contributed by atoms with van der Waals surface area (Å²) in [5, 5.41) is 0. The number of nitrogens with zero attached hydrogens (tertiary/aromatic N) is 1. The quantitative estimate of drug-likeness (QED) is 0.271. The van der Waals surface area contributed by atoms with Gasteiger partial charge in [-0.05, 0) is 74.8 Å². The maximum atomic E-state index is 14.9. The van der Waals surface area contributed by atoms with Gasteiger partial charge in [0.1, 0.15) is 17.5 Å². The molecule has 0 saturated carbocycles. The highest BCUT2D eigenvalue weighted by Gasteiger charge is 2.42. The van der Waals surface area contributed by atoms with Crippen LogP contribution in [0.5, 0.6) is 0 Å². The Balaban J connectivity index is 1.93. The minimum Gasteiger partial charge on any atom is -0.466 e. The Bertz CT molecular complexity index is 1050. The topological polar surface area (TPSA) is 55.8 Å². The maximum Gasteiger partial charge on any atom is 0.414 e. The summed E-state index contributed by atoms with van der Waals surface area (Å²) >= 11 is 0.959. The lowest BCUT2D eigenvalue weighted by Gasteiger charge is -2.31. The highest BCUT2D eigenvalue weighted by molar-refractivity contribution is 7.99. The van der Waals surface area contributed by atoms with Gasteiger partial charge in [0.15, 0.2) is 0 Å². The van der Waals surface area contributed by atoms with Crippen molar-refractivity contribution >= 4 is 29.5 Å². The van der Waals surface area contributed by atoms with E-state index in [9.17, 15) is 22.8 Å². The van der Waals surface area contributed by atoms with Gasteiger partial charge in [-0.2, -0.15) is 0 Å². The summed E-state index contributed by atoms with van der Waals surface area (Å²) in [6.07, 6.45) is 0.296. The van der Waals surface area contributed by atoms with E-state index in [4.69, 9.17) is 9.47 Å². The van der Waals surface area contributed by atoms with Crippen LogP contribution in [-0.4, -0.2) is 37.1 Å². The molecular formula is C24H26F3NO4S. The van der Waals surface area contributed by atoms with Crippen LogP contribution in [0.1, 0.15) is 39.2 Å². The van der Waals surface area contributed by atoms with Crippen molar-refractivity contribution < 1.29 is 32.2 Å². The smallest absolute Gasteiger partial charge is 0.414 e. The third-order valence-electron chi connectivity index (χ3n) is 5.35. The number of hydrogen-bond donors (Lipinski definition) is 0. The molecule has 0 atom stereocenters. The largest absolute Gasteiger partial charge is 0.466 e. The van der Waals surface area contributed by atoms with Crippen molar-refractivity contribution in [3.05, 3.63) is 47.3 Å². The van der Waals surface area contributed by atoms with Gasteiger partial charge in [-0.15, -0.1) is 11.8 Å². The molecule has 3 rings (SSSR count). The molecule has 2 aromatic carbocycles. The molecule has 1 aliphatic heterocycles. The van der Waals surface area contributed by atoms with Gasteiger partial charge >= 0.3 is 12.1 Å². The summed E-state index contributed by atoms with van der Waals surface area (Å²) in [4.78, 5) is 25.1. The summed E-state index contributed by atoms with van der Waals surface area (Å²) in [5.41, 5.74) is 0.547. The first-order chi connectivity index (χ1) is 15.6. The van der Waals surface area contributed by atoms with E-state index in [0.717, 1.165) is 30.0 Å². The fourth-order valence-corrected chi connectivity index (χ4v) is 4.92. The van der Waals surface area contributed by atoms with Crippen LogP contribution in [0.15, 0.2) is 29.2 Å². The Hall–Kier alpha value is -2.68. The third-order valence-corrected chi connectivity index (χ3v) is 6.52. The van der Waals surface area contributed by atoms with Gasteiger partial charge in [0.25, 0.3) is 0 Å². The maximum absolute atomic E-state index is 14.9. The van der Waals surface area contributed by atoms with E-state index in [2.05, 4.69) is 0 Å². The fraction of sp³-hybridized carbons (Fsp3) is 0.417. The zero-order valence-corrected chi connectivity index (χ0v) is 19.8. The van der Waals surface area contributed by atoms with Gasteiger partial charge in [0.05, 0.1) is 24.3 Å². The number of esters is 1. The molecule has 0 N–H and O–H groups in total. The van der Waals surface area contributed by atoms with Crippen molar-refractivity contribution in [3.8, 4) is 11.1 Å². The molecule has 0 radical (unpaired) electrons. The van der Waals surface area contributed by atoms with Gasteiger partial charge in [-0.1, -0.05) is 0 Å². The number of amides is 1. The van der Waals surface area contributed by atoms with Crippen LogP contribution in [0.25, 0.3) is 11.1 Å². The normalized spacial score (nSPS) is 14.2. The number of ether oxygens (including phenoxy) is 2. The second-order valence-corrected chi connectivity index (χ2v) is 9.39. The highest BCUT2D eigenvalue weighted by Crippen LogP contribution is 2.46. The Kier molecular flexibility index (Phi) is 7.62. The number of hydrogen-bond acceptors (Lipinski definition) is 5. The number of carbonyl (C=O) groups is 2. The predicted molar refractivity (Wildman–Crippen MR) is 121 cm³/mol. The first-order valence-corrected chi connectivity index (χ1v) is 11.6. The molecule has 0 aromatic heterocycles. The van der Waals surface area contributed by atoms with E-state index >= 15 is 0 Å². The first-order valence-electron chi connectivity index (χ1n) is 10.6. The number of benzene rings is 2. The van der Waals surface area contributed by atoms with Crippen molar-refractivity contribution in [2.45, 2.75) is 50.5 Å². The summed E-state index contributed by atoms with van der Waals surface area (Å²) in [6, 6.07) is 4.75. The number of thioether (sulfide) groups is 1. The Morgan fingerprint density at radius 3 is 2.39 bits per heavy atom. The van der Waals surface area contributed by atoms with Crippen LogP contribution in [-0.2, 0) is 20.7 Å². The lowest BCUT2D eigenvalue weighted by Crippen LogP contribution is -2.45. The van der Waals surface area contributed by atoms with E-state index in [1.54, 1.807) is 6.92 Å². The molecule has 1 amide bonds. The van der Waals surface area contributed by atoms with Crippen LogP contribution >= 0.6 is 11.8 Å². The fourth-order valence-electron chi connectivity index (χ4n) is 4.03. The molecule has 9 heteroatoms. The molecule has 1 heterocycles. The number of methoxy groups -OCH3 is 1. The molecule has 33 heavy (non-hydrogen) atoms. The number of rotatable bonds is 7. The number of fused-ring (bicyclic) bond motifs is 1. The summed E-state index contributed by atoms with van der Waals surface area (Å²) in [5.74, 6) is -2.19. The van der Waals surface area contributed by atoms with Crippen LogP contribution in [0.2, 0.25) is 0 Å². The van der Waals surface area contributed by atoms with Crippen molar-refractivity contribution in [2.24, 2.45) is 0 Å². The van der Waals surface area contributed by atoms with E-state index < -0.39 is 29.1 Å². The minimum atomic E-state index is -0.800. The molecule has 0 unspecified atom stereocenters. The van der Waals surface area contributed by atoms with Gasteiger partial charge in [-0.3, -0.25) is 9.69 Å². The Morgan fingerprint density at radius 2 is 1.79 bits per heavy atom. The average molecular weight is 482 g/mol. The number of halogens is 3. The Labute approximate surface area is 195 Å². The number of anilines is 1. The molecule has 1 aliphatic rings. The van der Waals surface area contributed by atoms with Crippen molar-refractivity contribution in [3.63, 3.8) is 0 Å². The van der Waals surface area contributed by atoms with Crippen molar-refractivity contribution in [1.82, 2.24) is 0 Å². The third kappa shape index (κ3) is 5.29. The average Bonchev–Trinajstić information content (AvgIpc) is 3.00. The van der Waals surface area contributed by atoms with Crippen LogP contribution < -0.4 is 4.90 Å². The first kappa shape index (κ1) is 25.0. The molecule has 0 aliphatic carbocycles. The van der Waals surface area contributed by atoms with E-state index in [1.165, 1.54) is 18.1 Å². The van der Waals surface area contributed by atoms with E-state index in [1.807, 2.05) is 13.8 Å². The van der Waals surface area contributed by atoms with Crippen LogP contribution in [0.4, 0.5) is 23.7 Å². The second-order valence-electron chi connectivity index (χ2n) is 8.28. The zero-order valence-electron chi connectivity index (χ0n) is 19.0. The molecule has 5 nitrogen and oxygen atoms in total. The van der Waals surface area contributed by atoms with Crippen molar-refractivity contribution in [2.75, 3.05) is 24.4 Å². The summed E-state index contributed by atoms with van der Waals surface area (Å²) < 4.78 is 53.9. The molecule has 0 spiro atoms. The molecule has 2 aromatic rings. The molecule has 0 bridgehead atoms. The van der Waals surface area contributed by atoms with Gasteiger partial charge in [0, 0.05) is 17.5 Å².